The lowest BCUT2D eigenvalue weighted by Gasteiger charge is -2.11. The summed E-state index contributed by atoms with van der Waals surface area (Å²) in [5.41, 5.74) is 3.52. The molecule has 3 rings (SSSR count). The van der Waals surface area contributed by atoms with E-state index in [4.69, 9.17) is 16.3 Å². The number of hydrogen-bond acceptors (Lipinski definition) is 5. The summed E-state index contributed by atoms with van der Waals surface area (Å²) in [5.74, 6) is -1.08. The minimum absolute atomic E-state index is 0.0429. The van der Waals surface area contributed by atoms with Crippen LogP contribution in [0.1, 0.15) is 21.5 Å². The molecule has 0 aliphatic rings. The van der Waals surface area contributed by atoms with Crippen molar-refractivity contribution in [2.75, 3.05) is 0 Å². The topological polar surface area (TPSA) is 91.2 Å². The van der Waals surface area contributed by atoms with Crippen LogP contribution in [-0.2, 0) is 6.61 Å². The van der Waals surface area contributed by atoms with Gasteiger partial charge in [0, 0.05) is 27.2 Å². The monoisotopic (exact) mass is 492 g/mol. The number of nitrogens with one attached hydrogen (secondary N) is 1. The number of rotatable bonds is 6. The van der Waals surface area contributed by atoms with E-state index in [1.165, 1.54) is 36.5 Å². The Labute approximate surface area is 184 Å². The van der Waals surface area contributed by atoms with E-state index in [1.54, 1.807) is 18.2 Å². The molecule has 0 aromatic heterocycles. The molecule has 0 saturated carbocycles. The van der Waals surface area contributed by atoms with Crippen LogP contribution in [0.2, 0.25) is 5.02 Å². The van der Waals surface area contributed by atoms with Crippen molar-refractivity contribution in [3.8, 4) is 17.2 Å². The zero-order chi connectivity index (χ0) is 21.7. The molecule has 1 amide bonds. The lowest BCUT2D eigenvalue weighted by molar-refractivity contribution is 0.0954. The lowest BCUT2D eigenvalue weighted by Crippen LogP contribution is -2.17. The summed E-state index contributed by atoms with van der Waals surface area (Å²) in [4.78, 5) is 12.1. The summed E-state index contributed by atoms with van der Waals surface area (Å²) in [6.45, 7) is 0.108. The van der Waals surface area contributed by atoms with Gasteiger partial charge in [0.25, 0.3) is 5.91 Å². The summed E-state index contributed by atoms with van der Waals surface area (Å²) < 4.78 is 19.7. The summed E-state index contributed by atoms with van der Waals surface area (Å²) in [5, 5.41) is 23.1. The number of amides is 1. The molecule has 0 unspecified atom stereocenters. The van der Waals surface area contributed by atoms with Gasteiger partial charge in [-0.2, -0.15) is 5.10 Å². The average molecular weight is 494 g/mol. The van der Waals surface area contributed by atoms with Gasteiger partial charge in [0.1, 0.15) is 29.7 Å². The molecule has 3 aromatic carbocycles. The van der Waals surface area contributed by atoms with E-state index >= 15 is 0 Å². The van der Waals surface area contributed by atoms with Gasteiger partial charge in [0.2, 0.25) is 0 Å². The summed E-state index contributed by atoms with van der Waals surface area (Å²) in [6.07, 6.45) is 1.38. The Kier molecular flexibility index (Phi) is 6.91. The molecule has 3 aromatic rings. The highest BCUT2D eigenvalue weighted by atomic mass is 79.9. The van der Waals surface area contributed by atoms with Crippen molar-refractivity contribution in [1.29, 1.82) is 0 Å². The first kappa shape index (κ1) is 21.6. The second-order valence-corrected chi connectivity index (χ2v) is 7.47. The highest BCUT2D eigenvalue weighted by Crippen LogP contribution is 2.25. The number of nitrogens with zero attached hydrogens (tertiary/aromatic N) is 1. The molecule has 30 heavy (non-hydrogen) atoms. The van der Waals surface area contributed by atoms with Gasteiger partial charge in [0.15, 0.2) is 0 Å². The standard InChI is InChI=1S/C21H15BrClFN2O4/c22-15-2-4-20(30-11-12-1-3-16(24)8-19(12)23)14(5-15)10-25-26-21(29)13-6-17(27)9-18(28)7-13/h1-10,27-28H,11H2,(H,26,29)/b25-10-. The van der Waals surface area contributed by atoms with E-state index in [9.17, 15) is 19.4 Å². The van der Waals surface area contributed by atoms with Crippen LogP contribution in [0.25, 0.3) is 0 Å². The van der Waals surface area contributed by atoms with Gasteiger partial charge in [-0.1, -0.05) is 33.6 Å². The van der Waals surface area contributed by atoms with Gasteiger partial charge < -0.3 is 14.9 Å². The molecule has 0 heterocycles. The van der Waals surface area contributed by atoms with Crippen LogP contribution >= 0.6 is 27.5 Å². The van der Waals surface area contributed by atoms with E-state index in [-0.39, 0.29) is 28.7 Å². The Bertz CT molecular complexity index is 1100. The number of carbonyl (C=O) groups is 1. The minimum atomic E-state index is -0.618. The second-order valence-electron chi connectivity index (χ2n) is 6.14. The van der Waals surface area contributed by atoms with Crippen molar-refractivity contribution in [3.05, 3.63) is 86.6 Å². The Morgan fingerprint density at radius 1 is 1.13 bits per heavy atom. The zero-order valence-corrected chi connectivity index (χ0v) is 17.6. The number of carbonyl (C=O) groups excluding carboxylic acids is 1. The number of phenols is 2. The number of ether oxygens (including phenoxy) is 1. The molecule has 0 saturated heterocycles. The number of benzene rings is 3. The molecule has 0 spiro atoms. The first-order valence-corrected chi connectivity index (χ1v) is 9.71. The third-order valence-electron chi connectivity index (χ3n) is 3.90. The number of aromatic hydroxyl groups is 2. The van der Waals surface area contributed by atoms with Crippen molar-refractivity contribution < 1.29 is 24.1 Å². The van der Waals surface area contributed by atoms with Crippen LogP contribution in [0.5, 0.6) is 17.2 Å². The fourth-order valence-corrected chi connectivity index (χ4v) is 3.10. The van der Waals surface area contributed by atoms with E-state index in [0.717, 1.165) is 10.5 Å². The maximum Gasteiger partial charge on any atom is 0.271 e. The van der Waals surface area contributed by atoms with Crippen LogP contribution in [-0.4, -0.2) is 22.3 Å². The lowest BCUT2D eigenvalue weighted by atomic mass is 10.2. The Balaban J connectivity index is 1.72. The van der Waals surface area contributed by atoms with E-state index < -0.39 is 11.7 Å². The van der Waals surface area contributed by atoms with Crippen molar-refractivity contribution in [3.63, 3.8) is 0 Å². The SMILES string of the molecule is O=C(N/N=C\c1cc(Br)ccc1OCc1ccc(F)cc1Cl)c1cc(O)cc(O)c1. The molecule has 0 atom stereocenters. The predicted molar refractivity (Wildman–Crippen MR) is 115 cm³/mol. The normalized spacial score (nSPS) is 10.9. The molecule has 6 nitrogen and oxygen atoms in total. The van der Waals surface area contributed by atoms with Crippen molar-refractivity contribution >= 4 is 39.7 Å². The third kappa shape index (κ3) is 5.71. The largest absolute Gasteiger partial charge is 0.508 e. The van der Waals surface area contributed by atoms with Crippen LogP contribution in [0.15, 0.2) is 64.2 Å². The van der Waals surface area contributed by atoms with Crippen LogP contribution in [0.4, 0.5) is 4.39 Å². The van der Waals surface area contributed by atoms with Gasteiger partial charge in [-0.05, 0) is 42.5 Å². The first-order valence-electron chi connectivity index (χ1n) is 8.54. The molecular weight excluding hydrogens is 479 g/mol. The van der Waals surface area contributed by atoms with Crippen molar-refractivity contribution in [2.45, 2.75) is 6.61 Å². The fourth-order valence-electron chi connectivity index (χ4n) is 2.50. The zero-order valence-electron chi connectivity index (χ0n) is 15.3. The first-order chi connectivity index (χ1) is 14.3. The van der Waals surface area contributed by atoms with Crippen LogP contribution < -0.4 is 10.2 Å². The number of hydrogen-bond donors (Lipinski definition) is 3. The van der Waals surface area contributed by atoms with Gasteiger partial charge in [-0.25, -0.2) is 9.82 Å². The van der Waals surface area contributed by atoms with Gasteiger partial charge >= 0.3 is 0 Å². The maximum atomic E-state index is 13.2. The molecule has 154 valence electrons. The predicted octanol–water partition coefficient (Wildman–Crippen LogP) is 5.00. The van der Waals surface area contributed by atoms with E-state index in [2.05, 4.69) is 26.5 Å². The third-order valence-corrected chi connectivity index (χ3v) is 4.75. The van der Waals surface area contributed by atoms with Crippen LogP contribution in [0, 0.1) is 5.82 Å². The highest BCUT2D eigenvalue weighted by Gasteiger charge is 2.09. The summed E-state index contributed by atoms with van der Waals surface area (Å²) >= 11 is 9.39. The molecule has 3 N–H and O–H groups in total. The fraction of sp³-hybridized carbons (Fsp3) is 0.0476. The van der Waals surface area contributed by atoms with Gasteiger partial charge in [-0.3, -0.25) is 4.79 Å². The summed E-state index contributed by atoms with van der Waals surface area (Å²) in [7, 11) is 0. The Hall–Kier alpha value is -3.10. The number of halogens is 3. The van der Waals surface area contributed by atoms with Gasteiger partial charge in [-0.15, -0.1) is 0 Å². The number of phenolic OH excluding ortho intramolecular Hbond substituents is 2. The van der Waals surface area contributed by atoms with Crippen molar-refractivity contribution in [2.24, 2.45) is 5.10 Å². The quantitative estimate of drug-likeness (QED) is 0.333. The molecule has 9 heteroatoms. The molecule has 0 bridgehead atoms. The average Bonchev–Trinajstić information content (AvgIpc) is 2.67. The maximum absolute atomic E-state index is 13.2. The van der Waals surface area contributed by atoms with E-state index in [1.807, 2.05) is 0 Å². The molecule has 0 aliphatic heterocycles. The van der Waals surface area contributed by atoms with Gasteiger partial charge in [0.05, 0.1) is 11.2 Å². The summed E-state index contributed by atoms with van der Waals surface area (Å²) in [6, 6.07) is 12.8. The molecule has 0 radical (unpaired) electrons. The Morgan fingerprint density at radius 3 is 2.57 bits per heavy atom. The van der Waals surface area contributed by atoms with E-state index in [0.29, 0.717) is 16.9 Å². The molecular formula is C21H15BrClFN2O4. The second kappa shape index (κ2) is 9.60. The van der Waals surface area contributed by atoms with Crippen molar-refractivity contribution in [1.82, 2.24) is 5.43 Å². The molecule has 0 aliphatic carbocycles. The minimum Gasteiger partial charge on any atom is -0.508 e. The highest BCUT2D eigenvalue weighted by molar-refractivity contribution is 9.10. The smallest absolute Gasteiger partial charge is 0.271 e. The van der Waals surface area contributed by atoms with Crippen LogP contribution in [0.3, 0.4) is 0 Å². The number of hydrazone groups is 1. The Morgan fingerprint density at radius 2 is 1.87 bits per heavy atom. The molecule has 0 fully saturated rings.